The van der Waals surface area contributed by atoms with Gasteiger partial charge < -0.3 is 20.1 Å². The summed E-state index contributed by atoms with van der Waals surface area (Å²) in [6, 6.07) is 1.94. The molecule has 0 radical (unpaired) electrons. The average molecular weight is 545 g/mol. The van der Waals surface area contributed by atoms with Crippen LogP contribution in [0.25, 0.3) is 22.2 Å². The lowest BCUT2D eigenvalue weighted by molar-refractivity contribution is -0.0711. The number of methoxy groups -OCH3 is 1. The van der Waals surface area contributed by atoms with Crippen molar-refractivity contribution in [3.05, 3.63) is 42.1 Å². The topological polar surface area (TPSA) is 110 Å². The first-order valence-corrected chi connectivity index (χ1v) is 12.5. The molecule has 2 aliphatic heterocycles. The smallest absolute Gasteiger partial charge is 0.281 e. The number of hydrogen-bond acceptors (Lipinski definition) is 8. The van der Waals surface area contributed by atoms with Gasteiger partial charge in [0.1, 0.15) is 11.6 Å². The average Bonchev–Trinajstić information content (AvgIpc) is 3.49. The highest BCUT2D eigenvalue weighted by atomic mass is 19.3. The quantitative estimate of drug-likeness (QED) is 0.365. The molecule has 11 nitrogen and oxygen atoms in total. The van der Waals surface area contributed by atoms with Gasteiger partial charge in [-0.05, 0) is 31.5 Å². The van der Waals surface area contributed by atoms with Crippen molar-refractivity contribution in [1.29, 1.82) is 0 Å². The number of fused-ring (bicyclic) bond motifs is 2. The van der Waals surface area contributed by atoms with Crippen LogP contribution in [0.3, 0.4) is 0 Å². The molecule has 6 rings (SSSR count). The number of aromatic nitrogens is 5. The van der Waals surface area contributed by atoms with Crippen molar-refractivity contribution in [3.63, 3.8) is 0 Å². The standard InChI is InChI=1S/C25H27F3N8O3/c1-13(2)30-22(37)16-7-29-35-5-4-14(6-18(16)35)20-17(26)8-36-21(20)23(38-3)32-24(33-36)31-19-9-34(12-25(19,27)28)15-10-39-11-15/h4-8,13,15,19H,9-12H2,1-3H3,(H,30,37)(H,31,33)/t19-/m1/s1. The largest absolute Gasteiger partial charge is 0.479 e. The molecule has 0 spiro atoms. The van der Waals surface area contributed by atoms with Crippen LogP contribution in [0.2, 0.25) is 0 Å². The number of amides is 1. The summed E-state index contributed by atoms with van der Waals surface area (Å²) in [7, 11) is 1.36. The van der Waals surface area contributed by atoms with Crippen molar-refractivity contribution in [2.24, 2.45) is 0 Å². The normalized spacial score (nSPS) is 19.6. The number of rotatable bonds is 7. The fourth-order valence-corrected chi connectivity index (χ4v) is 4.98. The number of anilines is 1. The lowest BCUT2D eigenvalue weighted by Gasteiger charge is -2.34. The minimum Gasteiger partial charge on any atom is -0.479 e. The minimum absolute atomic E-state index is 0.00289. The highest BCUT2D eigenvalue weighted by Crippen LogP contribution is 2.36. The van der Waals surface area contributed by atoms with E-state index < -0.39 is 24.3 Å². The molecular formula is C25H27F3N8O3. The third kappa shape index (κ3) is 4.42. The van der Waals surface area contributed by atoms with Gasteiger partial charge in [0.2, 0.25) is 11.8 Å². The Morgan fingerprint density at radius 3 is 2.77 bits per heavy atom. The Morgan fingerprint density at radius 1 is 1.28 bits per heavy atom. The number of pyridine rings is 1. The van der Waals surface area contributed by atoms with Crippen LogP contribution in [-0.4, -0.2) is 92.5 Å². The molecule has 6 heterocycles. The number of carbonyl (C=O) groups excluding carboxylic acids is 1. The van der Waals surface area contributed by atoms with E-state index in [-0.39, 0.29) is 47.4 Å². The molecule has 0 unspecified atom stereocenters. The molecule has 0 bridgehead atoms. The van der Waals surface area contributed by atoms with Crippen LogP contribution in [0.5, 0.6) is 5.88 Å². The monoisotopic (exact) mass is 544 g/mol. The molecule has 2 saturated heterocycles. The molecule has 0 aliphatic carbocycles. The van der Waals surface area contributed by atoms with Crippen molar-refractivity contribution in [2.45, 2.75) is 37.9 Å². The number of likely N-dealkylation sites (tertiary alicyclic amines) is 1. The molecule has 2 aliphatic rings. The zero-order chi connectivity index (χ0) is 27.5. The summed E-state index contributed by atoms with van der Waals surface area (Å²) in [5.74, 6) is -4.06. The predicted molar refractivity (Wildman–Crippen MR) is 135 cm³/mol. The van der Waals surface area contributed by atoms with Crippen LogP contribution in [-0.2, 0) is 4.74 Å². The summed E-state index contributed by atoms with van der Waals surface area (Å²) in [4.78, 5) is 18.6. The summed E-state index contributed by atoms with van der Waals surface area (Å²) < 4.78 is 58.3. The third-order valence-corrected chi connectivity index (χ3v) is 7.00. The molecule has 1 amide bonds. The molecule has 4 aromatic rings. The fraction of sp³-hybridized carbons (Fsp3) is 0.440. The first-order valence-electron chi connectivity index (χ1n) is 12.5. The van der Waals surface area contributed by atoms with Crippen LogP contribution < -0.4 is 15.4 Å². The number of alkyl halides is 2. The second kappa shape index (κ2) is 9.38. The molecule has 0 saturated carbocycles. The first kappa shape index (κ1) is 25.4. The Hall–Kier alpha value is -3.91. The van der Waals surface area contributed by atoms with Gasteiger partial charge in [0.05, 0.1) is 61.9 Å². The summed E-state index contributed by atoms with van der Waals surface area (Å²) in [5.41, 5.74) is 1.60. The van der Waals surface area contributed by atoms with Crippen LogP contribution in [0.15, 0.2) is 30.7 Å². The second-order valence-corrected chi connectivity index (χ2v) is 10.1. The van der Waals surface area contributed by atoms with Crippen LogP contribution in [0, 0.1) is 5.82 Å². The number of carbonyl (C=O) groups is 1. The van der Waals surface area contributed by atoms with E-state index in [4.69, 9.17) is 9.47 Å². The van der Waals surface area contributed by atoms with Gasteiger partial charge >= 0.3 is 0 Å². The van der Waals surface area contributed by atoms with E-state index in [0.717, 1.165) is 6.20 Å². The molecule has 2 N–H and O–H groups in total. The first-order chi connectivity index (χ1) is 18.6. The molecule has 14 heteroatoms. The molecular weight excluding hydrogens is 517 g/mol. The van der Waals surface area contributed by atoms with Crippen LogP contribution >= 0.6 is 0 Å². The van der Waals surface area contributed by atoms with Gasteiger partial charge in [-0.1, -0.05) is 0 Å². The summed E-state index contributed by atoms with van der Waals surface area (Å²) in [6.45, 7) is 4.25. The van der Waals surface area contributed by atoms with Gasteiger partial charge in [0.15, 0.2) is 5.82 Å². The zero-order valence-corrected chi connectivity index (χ0v) is 21.5. The van der Waals surface area contributed by atoms with E-state index in [0.29, 0.717) is 29.9 Å². The minimum atomic E-state index is -3.02. The van der Waals surface area contributed by atoms with Crippen LogP contribution in [0.1, 0.15) is 24.2 Å². The Bertz CT molecular complexity index is 1570. The zero-order valence-electron chi connectivity index (χ0n) is 21.5. The highest BCUT2D eigenvalue weighted by Gasteiger charge is 2.51. The maximum Gasteiger partial charge on any atom is 0.281 e. The third-order valence-electron chi connectivity index (χ3n) is 7.00. The SMILES string of the molecule is COc1nc(N[C@@H]2CN(C3COC3)CC2(F)F)nn2cc(F)c(-c3ccn4ncc(C(=O)NC(C)C)c4c3)c12. The van der Waals surface area contributed by atoms with E-state index in [9.17, 15) is 13.6 Å². The maximum atomic E-state index is 15.4. The predicted octanol–water partition coefficient (Wildman–Crippen LogP) is 2.46. The number of nitrogens with zero attached hydrogens (tertiary/aromatic N) is 6. The highest BCUT2D eigenvalue weighted by molar-refractivity contribution is 6.01. The van der Waals surface area contributed by atoms with Gasteiger partial charge in [-0.2, -0.15) is 10.1 Å². The molecule has 4 aromatic heterocycles. The van der Waals surface area contributed by atoms with Gasteiger partial charge in [0.25, 0.3) is 11.8 Å². The molecule has 2 fully saturated rings. The van der Waals surface area contributed by atoms with Gasteiger partial charge in [-0.15, -0.1) is 5.10 Å². The van der Waals surface area contributed by atoms with E-state index in [1.807, 2.05) is 13.8 Å². The second-order valence-electron chi connectivity index (χ2n) is 10.1. The Kier molecular flexibility index (Phi) is 6.10. The number of hydrogen-bond donors (Lipinski definition) is 2. The number of nitrogens with one attached hydrogen (secondary N) is 2. The number of ether oxygens (including phenoxy) is 2. The van der Waals surface area contributed by atoms with E-state index in [1.165, 1.54) is 22.3 Å². The molecule has 39 heavy (non-hydrogen) atoms. The lowest BCUT2D eigenvalue weighted by atomic mass is 10.1. The summed E-state index contributed by atoms with van der Waals surface area (Å²) in [6.07, 6.45) is 4.20. The maximum absolute atomic E-state index is 15.4. The molecule has 206 valence electrons. The van der Waals surface area contributed by atoms with Crippen molar-refractivity contribution in [1.82, 2.24) is 34.4 Å². The van der Waals surface area contributed by atoms with Crippen molar-refractivity contribution in [3.8, 4) is 17.0 Å². The Morgan fingerprint density at radius 2 is 2.08 bits per heavy atom. The van der Waals surface area contributed by atoms with Crippen LogP contribution in [0.4, 0.5) is 19.1 Å². The molecule has 1 atom stereocenters. The van der Waals surface area contributed by atoms with Gasteiger partial charge in [-0.3, -0.25) is 9.69 Å². The summed E-state index contributed by atoms with van der Waals surface area (Å²) >= 11 is 0. The van der Waals surface area contributed by atoms with Crippen molar-refractivity contribution < 1.29 is 27.4 Å². The van der Waals surface area contributed by atoms with Crippen molar-refractivity contribution in [2.75, 3.05) is 38.7 Å². The summed E-state index contributed by atoms with van der Waals surface area (Å²) in [5, 5.41) is 14.0. The Balaban J connectivity index is 1.36. The van der Waals surface area contributed by atoms with Gasteiger partial charge in [0, 0.05) is 18.8 Å². The van der Waals surface area contributed by atoms with Crippen molar-refractivity contribution >= 4 is 22.9 Å². The van der Waals surface area contributed by atoms with Gasteiger partial charge in [-0.25, -0.2) is 22.2 Å². The van der Waals surface area contributed by atoms with E-state index in [2.05, 4.69) is 25.8 Å². The lowest BCUT2D eigenvalue weighted by Crippen LogP contribution is -2.48. The van der Waals surface area contributed by atoms with E-state index >= 15 is 4.39 Å². The fourth-order valence-electron chi connectivity index (χ4n) is 4.98. The molecule has 0 aromatic carbocycles. The Labute approximate surface area is 220 Å². The van der Waals surface area contributed by atoms with E-state index in [1.54, 1.807) is 23.2 Å². The number of halogens is 3.